The Hall–Kier alpha value is -1.59. The number of rotatable bonds is 3. The lowest BCUT2D eigenvalue weighted by molar-refractivity contribution is -0.149. The van der Waals surface area contributed by atoms with Gasteiger partial charge in [-0.1, -0.05) is 24.6 Å². The Kier molecular flexibility index (Phi) is 4.82. The van der Waals surface area contributed by atoms with E-state index >= 15 is 0 Å². The molecule has 2 fully saturated rings. The van der Waals surface area contributed by atoms with E-state index < -0.39 is 11.4 Å². The molecular formula is C19H25ClN2O3. The van der Waals surface area contributed by atoms with Gasteiger partial charge in [-0.15, -0.1) is 12.4 Å². The van der Waals surface area contributed by atoms with Crippen LogP contribution in [0.5, 0.6) is 0 Å². The summed E-state index contributed by atoms with van der Waals surface area (Å²) in [7, 11) is 0. The van der Waals surface area contributed by atoms with Crippen LogP contribution in [-0.4, -0.2) is 47.6 Å². The first-order chi connectivity index (χ1) is 11.5. The van der Waals surface area contributed by atoms with Gasteiger partial charge in [0.25, 0.3) is 0 Å². The number of para-hydroxylation sites is 1. The lowest BCUT2D eigenvalue weighted by Gasteiger charge is -2.27. The lowest BCUT2D eigenvalue weighted by Crippen LogP contribution is -2.43. The first kappa shape index (κ1) is 18.2. The first-order valence-corrected chi connectivity index (χ1v) is 8.87. The predicted molar refractivity (Wildman–Crippen MR) is 98.2 cm³/mol. The third-order valence-corrected chi connectivity index (χ3v) is 6.20. The minimum Gasteiger partial charge on any atom is -0.481 e. The van der Waals surface area contributed by atoms with Crippen LogP contribution in [0.3, 0.4) is 0 Å². The summed E-state index contributed by atoms with van der Waals surface area (Å²) in [5, 5.41) is 9.69. The summed E-state index contributed by atoms with van der Waals surface area (Å²) in [6, 6.07) is 8.24. The van der Waals surface area contributed by atoms with Crippen molar-refractivity contribution in [1.82, 2.24) is 4.90 Å². The molecule has 1 aromatic rings. The second kappa shape index (κ2) is 6.61. The number of carboxylic acid groups (broad SMARTS) is 1. The van der Waals surface area contributed by atoms with Crippen molar-refractivity contribution in [2.24, 2.45) is 11.3 Å². The van der Waals surface area contributed by atoms with Crippen molar-refractivity contribution in [3.8, 4) is 0 Å². The van der Waals surface area contributed by atoms with Crippen molar-refractivity contribution in [1.29, 1.82) is 0 Å². The molecular weight excluding hydrogens is 340 g/mol. The Bertz CT molecular complexity index is 695. The van der Waals surface area contributed by atoms with Gasteiger partial charge in [-0.25, -0.2) is 0 Å². The van der Waals surface area contributed by atoms with Gasteiger partial charge in [0, 0.05) is 24.8 Å². The normalized spacial score (nSPS) is 30.7. The number of hydrogen-bond acceptors (Lipinski definition) is 3. The zero-order chi connectivity index (χ0) is 16.9. The fraction of sp³-hybridized carbons (Fsp3) is 0.579. The van der Waals surface area contributed by atoms with E-state index in [1.165, 1.54) is 5.56 Å². The van der Waals surface area contributed by atoms with Crippen LogP contribution in [0.15, 0.2) is 24.3 Å². The van der Waals surface area contributed by atoms with E-state index in [1.807, 2.05) is 23.1 Å². The number of aliphatic carboxylic acids is 1. The highest BCUT2D eigenvalue weighted by Gasteiger charge is 2.55. The summed E-state index contributed by atoms with van der Waals surface area (Å²) in [6.07, 6.45) is 3.61. The van der Waals surface area contributed by atoms with Gasteiger partial charge in [0.15, 0.2) is 0 Å². The van der Waals surface area contributed by atoms with Crippen molar-refractivity contribution in [2.45, 2.75) is 38.6 Å². The number of amides is 1. The van der Waals surface area contributed by atoms with Crippen LogP contribution in [0, 0.1) is 11.3 Å². The van der Waals surface area contributed by atoms with E-state index in [1.54, 1.807) is 0 Å². The fourth-order valence-corrected chi connectivity index (χ4v) is 5.08. The fourth-order valence-electron chi connectivity index (χ4n) is 5.08. The summed E-state index contributed by atoms with van der Waals surface area (Å²) < 4.78 is 0. The van der Waals surface area contributed by atoms with Gasteiger partial charge in [0.05, 0.1) is 12.0 Å². The van der Waals surface area contributed by atoms with Crippen LogP contribution in [0.1, 0.15) is 31.7 Å². The molecule has 5 nitrogen and oxygen atoms in total. The SMILES string of the molecule is CC1Cc2ccccc2N1C(=O)CN1C[C@@H]2CCC[C@@]2(C(=O)O)C1.Cl. The molecule has 1 saturated carbocycles. The highest BCUT2D eigenvalue weighted by molar-refractivity contribution is 5.97. The number of benzene rings is 1. The summed E-state index contributed by atoms with van der Waals surface area (Å²) in [5.74, 6) is -0.390. The summed E-state index contributed by atoms with van der Waals surface area (Å²) in [4.78, 5) is 28.7. The topological polar surface area (TPSA) is 60.9 Å². The van der Waals surface area contributed by atoms with Crippen LogP contribution in [0.25, 0.3) is 0 Å². The Morgan fingerprint density at radius 1 is 1.32 bits per heavy atom. The van der Waals surface area contributed by atoms with Gasteiger partial charge in [-0.3, -0.25) is 14.5 Å². The highest BCUT2D eigenvalue weighted by atomic mass is 35.5. The van der Waals surface area contributed by atoms with Crippen LogP contribution in [0.4, 0.5) is 5.69 Å². The number of likely N-dealkylation sites (tertiary alicyclic amines) is 1. The molecule has 1 aromatic carbocycles. The monoisotopic (exact) mass is 364 g/mol. The second-order valence-electron chi connectivity index (χ2n) is 7.67. The Labute approximate surface area is 154 Å². The van der Waals surface area contributed by atoms with Gasteiger partial charge in [-0.2, -0.15) is 0 Å². The molecule has 0 aromatic heterocycles. The van der Waals surface area contributed by atoms with Crippen molar-refractivity contribution >= 4 is 30.0 Å². The van der Waals surface area contributed by atoms with Crippen molar-refractivity contribution in [2.75, 3.05) is 24.5 Å². The maximum Gasteiger partial charge on any atom is 0.311 e. The maximum absolute atomic E-state index is 12.9. The molecule has 1 amide bonds. The second-order valence-corrected chi connectivity index (χ2v) is 7.67. The average Bonchev–Trinajstić information content (AvgIpc) is 3.16. The van der Waals surface area contributed by atoms with Gasteiger partial charge in [-0.05, 0) is 43.7 Å². The predicted octanol–water partition coefficient (Wildman–Crippen LogP) is 2.57. The van der Waals surface area contributed by atoms with E-state index in [9.17, 15) is 14.7 Å². The van der Waals surface area contributed by atoms with Gasteiger partial charge < -0.3 is 10.0 Å². The Balaban J connectivity index is 0.00000182. The number of carboxylic acids is 1. The number of fused-ring (bicyclic) bond motifs is 2. The number of carbonyl (C=O) groups excluding carboxylic acids is 1. The summed E-state index contributed by atoms with van der Waals surface area (Å²) in [5.41, 5.74) is 1.62. The molecule has 4 rings (SSSR count). The smallest absolute Gasteiger partial charge is 0.311 e. The number of nitrogens with zero attached hydrogens (tertiary/aromatic N) is 2. The molecule has 25 heavy (non-hydrogen) atoms. The molecule has 1 N–H and O–H groups in total. The molecule has 1 aliphatic carbocycles. The largest absolute Gasteiger partial charge is 0.481 e. The Morgan fingerprint density at radius 3 is 2.80 bits per heavy atom. The van der Waals surface area contributed by atoms with Gasteiger partial charge >= 0.3 is 5.97 Å². The molecule has 0 bridgehead atoms. The summed E-state index contributed by atoms with van der Waals surface area (Å²) >= 11 is 0. The standard InChI is InChI=1S/C19H24N2O3.ClH/c1-13-9-14-5-2-3-7-16(14)21(13)17(22)11-20-10-15-6-4-8-19(15,12-20)18(23)24;/h2-3,5,7,13,15H,4,6,8-12H2,1H3,(H,23,24);1H/t13?,15-,19+;/m0./s1. The number of anilines is 1. The molecule has 1 saturated heterocycles. The van der Waals surface area contributed by atoms with Crippen LogP contribution in [0.2, 0.25) is 0 Å². The maximum atomic E-state index is 12.9. The zero-order valence-electron chi connectivity index (χ0n) is 14.5. The average molecular weight is 365 g/mol. The third kappa shape index (κ3) is 2.83. The molecule has 136 valence electrons. The molecule has 2 heterocycles. The number of hydrogen-bond donors (Lipinski definition) is 1. The van der Waals surface area contributed by atoms with E-state index in [4.69, 9.17) is 0 Å². The van der Waals surface area contributed by atoms with Crippen molar-refractivity contribution < 1.29 is 14.7 Å². The van der Waals surface area contributed by atoms with Crippen LogP contribution < -0.4 is 4.90 Å². The van der Waals surface area contributed by atoms with Crippen LogP contribution in [-0.2, 0) is 16.0 Å². The van der Waals surface area contributed by atoms with Gasteiger partial charge in [0.1, 0.15) is 0 Å². The molecule has 3 atom stereocenters. The summed E-state index contributed by atoms with van der Waals surface area (Å²) in [6.45, 7) is 3.66. The Morgan fingerprint density at radius 2 is 2.08 bits per heavy atom. The van der Waals surface area contributed by atoms with Crippen LogP contribution >= 0.6 is 12.4 Å². The molecule has 2 aliphatic heterocycles. The van der Waals surface area contributed by atoms with Crippen molar-refractivity contribution in [3.63, 3.8) is 0 Å². The van der Waals surface area contributed by atoms with E-state index in [2.05, 4.69) is 17.9 Å². The molecule has 0 spiro atoms. The first-order valence-electron chi connectivity index (χ1n) is 8.87. The number of halogens is 1. The molecule has 3 aliphatic rings. The van der Waals surface area contributed by atoms with E-state index in [-0.39, 0.29) is 30.3 Å². The third-order valence-electron chi connectivity index (χ3n) is 6.20. The minimum absolute atomic E-state index is 0. The van der Waals surface area contributed by atoms with E-state index in [0.29, 0.717) is 13.1 Å². The molecule has 0 radical (unpaired) electrons. The molecule has 1 unspecified atom stereocenters. The van der Waals surface area contributed by atoms with Gasteiger partial charge in [0.2, 0.25) is 5.91 Å². The lowest BCUT2D eigenvalue weighted by atomic mass is 9.81. The van der Waals surface area contributed by atoms with E-state index in [0.717, 1.165) is 37.9 Å². The number of carbonyl (C=O) groups is 2. The van der Waals surface area contributed by atoms with Crippen molar-refractivity contribution in [3.05, 3.63) is 29.8 Å². The molecule has 6 heteroatoms. The minimum atomic E-state index is -0.681. The zero-order valence-corrected chi connectivity index (χ0v) is 15.3. The highest BCUT2D eigenvalue weighted by Crippen LogP contribution is 2.48. The quantitative estimate of drug-likeness (QED) is 0.895.